The Morgan fingerprint density at radius 2 is 2.13 bits per heavy atom. The zero-order valence-corrected chi connectivity index (χ0v) is 9.80. The van der Waals surface area contributed by atoms with Crippen LogP contribution in [0.25, 0.3) is 0 Å². The standard InChI is InChI=1S/C13H20N2/c1-9-4-5-10(2)11(6-9)12-7-15-8-13(12,3)14/h4-6,12,15H,7-8,14H2,1-3H3/t12-,13+/m1/s1. The maximum Gasteiger partial charge on any atom is 0.0334 e. The van der Waals surface area contributed by atoms with Crippen molar-refractivity contribution in [1.82, 2.24) is 5.32 Å². The van der Waals surface area contributed by atoms with Crippen molar-refractivity contribution in [1.29, 1.82) is 0 Å². The Hall–Kier alpha value is -0.860. The highest BCUT2D eigenvalue weighted by Crippen LogP contribution is 2.31. The van der Waals surface area contributed by atoms with Crippen molar-refractivity contribution in [3.05, 3.63) is 34.9 Å². The van der Waals surface area contributed by atoms with Crippen LogP contribution in [0.3, 0.4) is 0 Å². The zero-order chi connectivity index (χ0) is 11.1. The van der Waals surface area contributed by atoms with Gasteiger partial charge in [0.2, 0.25) is 0 Å². The Morgan fingerprint density at radius 3 is 2.73 bits per heavy atom. The molecule has 2 rings (SSSR count). The third-order valence-corrected chi connectivity index (χ3v) is 3.46. The first-order chi connectivity index (χ1) is 7.00. The fourth-order valence-corrected chi connectivity index (χ4v) is 2.44. The van der Waals surface area contributed by atoms with E-state index in [1.165, 1.54) is 16.7 Å². The van der Waals surface area contributed by atoms with Crippen LogP contribution in [0, 0.1) is 13.8 Å². The molecule has 2 nitrogen and oxygen atoms in total. The van der Waals surface area contributed by atoms with Crippen LogP contribution in [0.5, 0.6) is 0 Å². The van der Waals surface area contributed by atoms with E-state index in [9.17, 15) is 0 Å². The van der Waals surface area contributed by atoms with Gasteiger partial charge in [-0.05, 0) is 31.9 Å². The highest BCUT2D eigenvalue weighted by atomic mass is 15.0. The van der Waals surface area contributed by atoms with Crippen molar-refractivity contribution >= 4 is 0 Å². The molecule has 0 aromatic heterocycles. The Balaban J connectivity index is 2.40. The molecule has 1 aliphatic rings. The Labute approximate surface area is 91.9 Å². The average Bonchev–Trinajstić information content (AvgIpc) is 2.50. The van der Waals surface area contributed by atoms with Gasteiger partial charge in [0.15, 0.2) is 0 Å². The summed E-state index contributed by atoms with van der Waals surface area (Å²) >= 11 is 0. The fraction of sp³-hybridized carbons (Fsp3) is 0.538. The van der Waals surface area contributed by atoms with Crippen LogP contribution in [0.15, 0.2) is 18.2 Å². The minimum atomic E-state index is -0.113. The minimum absolute atomic E-state index is 0.113. The monoisotopic (exact) mass is 204 g/mol. The van der Waals surface area contributed by atoms with Crippen LogP contribution in [-0.4, -0.2) is 18.6 Å². The lowest BCUT2D eigenvalue weighted by molar-refractivity contribution is 0.461. The van der Waals surface area contributed by atoms with Gasteiger partial charge >= 0.3 is 0 Å². The van der Waals surface area contributed by atoms with E-state index in [-0.39, 0.29) is 5.54 Å². The summed E-state index contributed by atoms with van der Waals surface area (Å²) in [7, 11) is 0. The summed E-state index contributed by atoms with van der Waals surface area (Å²) < 4.78 is 0. The molecule has 1 saturated heterocycles. The topological polar surface area (TPSA) is 38.0 Å². The predicted octanol–water partition coefficient (Wildman–Crippen LogP) is 1.71. The molecule has 0 aliphatic carbocycles. The Bertz CT molecular complexity index is 369. The van der Waals surface area contributed by atoms with Gasteiger partial charge in [0.1, 0.15) is 0 Å². The number of hydrogen-bond acceptors (Lipinski definition) is 2. The van der Waals surface area contributed by atoms with Crippen LogP contribution in [-0.2, 0) is 0 Å². The van der Waals surface area contributed by atoms with Crippen LogP contribution >= 0.6 is 0 Å². The fourth-order valence-electron chi connectivity index (χ4n) is 2.44. The maximum atomic E-state index is 6.31. The van der Waals surface area contributed by atoms with Crippen molar-refractivity contribution in [3.63, 3.8) is 0 Å². The summed E-state index contributed by atoms with van der Waals surface area (Å²) in [6.45, 7) is 8.35. The molecule has 0 saturated carbocycles. The molecular formula is C13H20N2. The van der Waals surface area contributed by atoms with E-state index in [0.717, 1.165) is 13.1 Å². The molecule has 82 valence electrons. The molecule has 1 aromatic rings. The summed E-state index contributed by atoms with van der Waals surface area (Å²) in [5, 5.41) is 3.38. The molecule has 1 aromatic carbocycles. The molecule has 2 heteroatoms. The largest absolute Gasteiger partial charge is 0.324 e. The van der Waals surface area contributed by atoms with Gasteiger partial charge < -0.3 is 11.1 Å². The van der Waals surface area contributed by atoms with Crippen molar-refractivity contribution in [2.45, 2.75) is 32.2 Å². The second-order valence-corrected chi connectivity index (χ2v) is 5.05. The summed E-state index contributed by atoms with van der Waals surface area (Å²) in [6, 6.07) is 6.63. The van der Waals surface area contributed by atoms with E-state index in [1.54, 1.807) is 0 Å². The second kappa shape index (κ2) is 3.62. The summed E-state index contributed by atoms with van der Waals surface area (Å²) in [5.41, 5.74) is 10.3. The van der Waals surface area contributed by atoms with E-state index in [1.807, 2.05) is 0 Å². The third-order valence-electron chi connectivity index (χ3n) is 3.46. The molecule has 0 bridgehead atoms. The van der Waals surface area contributed by atoms with Crippen LogP contribution < -0.4 is 11.1 Å². The lowest BCUT2D eigenvalue weighted by Crippen LogP contribution is -2.43. The lowest BCUT2D eigenvalue weighted by atomic mass is 9.82. The van der Waals surface area contributed by atoms with Crippen molar-refractivity contribution in [3.8, 4) is 0 Å². The van der Waals surface area contributed by atoms with Gasteiger partial charge in [-0.25, -0.2) is 0 Å². The van der Waals surface area contributed by atoms with Crippen molar-refractivity contribution in [2.24, 2.45) is 5.73 Å². The highest BCUT2D eigenvalue weighted by Gasteiger charge is 2.36. The van der Waals surface area contributed by atoms with E-state index in [4.69, 9.17) is 5.73 Å². The molecule has 1 heterocycles. The molecule has 0 amide bonds. The lowest BCUT2D eigenvalue weighted by Gasteiger charge is -2.27. The van der Waals surface area contributed by atoms with Crippen LogP contribution in [0.1, 0.15) is 29.5 Å². The first kappa shape index (κ1) is 10.7. The maximum absolute atomic E-state index is 6.31. The van der Waals surface area contributed by atoms with Gasteiger partial charge in [-0.15, -0.1) is 0 Å². The first-order valence-electron chi connectivity index (χ1n) is 5.57. The number of nitrogens with two attached hydrogens (primary N) is 1. The van der Waals surface area contributed by atoms with E-state index >= 15 is 0 Å². The summed E-state index contributed by atoms with van der Waals surface area (Å²) in [4.78, 5) is 0. The van der Waals surface area contributed by atoms with E-state index < -0.39 is 0 Å². The second-order valence-electron chi connectivity index (χ2n) is 5.05. The molecule has 3 N–H and O–H groups in total. The predicted molar refractivity (Wildman–Crippen MR) is 64.1 cm³/mol. The molecule has 1 fully saturated rings. The quantitative estimate of drug-likeness (QED) is 0.731. The normalized spacial score (nSPS) is 30.8. The molecule has 0 radical (unpaired) electrons. The molecule has 0 spiro atoms. The van der Waals surface area contributed by atoms with Gasteiger partial charge in [-0.1, -0.05) is 23.8 Å². The molecule has 15 heavy (non-hydrogen) atoms. The van der Waals surface area contributed by atoms with Gasteiger partial charge in [-0.3, -0.25) is 0 Å². The van der Waals surface area contributed by atoms with Gasteiger partial charge in [0.05, 0.1) is 0 Å². The summed E-state index contributed by atoms with van der Waals surface area (Å²) in [6.07, 6.45) is 0. The average molecular weight is 204 g/mol. The molecule has 2 atom stereocenters. The highest BCUT2D eigenvalue weighted by molar-refractivity contribution is 5.36. The minimum Gasteiger partial charge on any atom is -0.324 e. The molecular weight excluding hydrogens is 184 g/mol. The number of hydrogen-bond donors (Lipinski definition) is 2. The number of benzene rings is 1. The van der Waals surface area contributed by atoms with Gasteiger partial charge in [0, 0.05) is 24.5 Å². The van der Waals surface area contributed by atoms with Crippen molar-refractivity contribution in [2.75, 3.05) is 13.1 Å². The van der Waals surface area contributed by atoms with Gasteiger partial charge in [0.25, 0.3) is 0 Å². The first-order valence-corrected chi connectivity index (χ1v) is 5.57. The summed E-state index contributed by atoms with van der Waals surface area (Å²) in [5.74, 6) is 0.442. The molecule has 0 unspecified atom stereocenters. The Kier molecular flexibility index (Phi) is 2.57. The van der Waals surface area contributed by atoms with E-state index in [0.29, 0.717) is 5.92 Å². The zero-order valence-electron chi connectivity index (χ0n) is 9.80. The SMILES string of the molecule is Cc1ccc(C)c([C@H]2CNC[C@]2(C)N)c1. The van der Waals surface area contributed by atoms with Crippen LogP contribution in [0.2, 0.25) is 0 Å². The third kappa shape index (κ3) is 1.92. The number of nitrogens with one attached hydrogen (secondary N) is 1. The smallest absolute Gasteiger partial charge is 0.0334 e. The van der Waals surface area contributed by atoms with Crippen LogP contribution in [0.4, 0.5) is 0 Å². The van der Waals surface area contributed by atoms with E-state index in [2.05, 4.69) is 44.3 Å². The van der Waals surface area contributed by atoms with Crippen molar-refractivity contribution < 1.29 is 0 Å². The Morgan fingerprint density at radius 1 is 1.40 bits per heavy atom. The number of rotatable bonds is 1. The number of aryl methyl sites for hydroxylation is 2. The van der Waals surface area contributed by atoms with Gasteiger partial charge in [-0.2, -0.15) is 0 Å². The molecule has 1 aliphatic heterocycles.